The molecule has 34 heavy (non-hydrogen) atoms. The van der Waals surface area contributed by atoms with Gasteiger partial charge in [-0.1, -0.05) is 41.9 Å². The minimum absolute atomic E-state index is 0.115. The highest BCUT2D eigenvalue weighted by atomic mass is 79.9. The Morgan fingerprint density at radius 3 is 2.29 bits per heavy atom. The van der Waals surface area contributed by atoms with Gasteiger partial charge in [0, 0.05) is 17.6 Å². The van der Waals surface area contributed by atoms with Gasteiger partial charge < -0.3 is 15.0 Å². The number of halogens is 1. The van der Waals surface area contributed by atoms with E-state index in [-0.39, 0.29) is 18.4 Å². The summed E-state index contributed by atoms with van der Waals surface area (Å²) in [7, 11) is -2.21. The monoisotopic (exact) mass is 553 g/mol. The fraction of sp³-hybridized carbons (Fsp3) is 0.417. The van der Waals surface area contributed by atoms with E-state index in [0.29, 0.717) is 18.0 Å². The van der Waals surface area contributed by atoms with Gasteiger partial charge >= 0.3 is 0 Å². The second-order valence-electron chi connectivity index (χ2n) is 8.43. The lowest BCUT2D eigenvalue weighted by molar-refractivity contribution is -0.139. The number of rotatable bonds is 11. The van der Waals surface area contributed by atoms with E-state index in [0.717, 1.165) is 20.6 Å². The fourth-order valence-electron chi connectivity index (χ4n) is 3.22. The Bertz CT molecular complexity index is 1090. The number of hydrogen-bond acceptors (Lipinski definition) is 5. The summed E-state index contributed by atoms with van der Waals surface area (Å²) in [6, 6.07) is 13.0. The minimum atomic E-state index is -3.76. The van der Waals surface area contributed by atoms with Crippen molar-refractivity contribution in [2.45, 2.75) is 33.4 Å². The van der Waals surface area contributed by atoms with Crippen molar-refractivity contribution in [1.82, 2.24) is 10.2 Å². The Morgan fingerprint density at radius 2 is 1.74 bits per heavy atom. The molecule has 0 saturated carbocycles. The summed E-state index contributed by atoms with van der Waals surface area (Å²) in [6.45, 7) is 5.74. The van der Waals surface area contributed by atoms with Gasteiger partial charge in [-0.15, -0.1) is 0 Å². The molecule has 10 heteroatoms. The third kappa shape index (κ3) is 8.02. The van der Waals surface area contributed by atoms with Crippen LogP contribution in [-0.2, 0) is 26.2 Å². The number of nitrogens with one attached hydrogen (secondary N) is 1. The molecule has 2 rings (SSSR count). The molecular weight excluding hydrogens is 522 g/mol. The van der Waals surface area contributed by atoms with Gasteiger partial charge in [0.15, 0.2) is 0 Å². The minimum Gasteiger partial charge on any atom is -0.497 e. The van der Waals surface area contributed by atoms with Crippen LogP contribution in [0.15, 0.2) is 53.0 Å². The molecule has 0 unspecified atom stereocenters. The van der Waals surface area contributed by atoms with E-state index in [2.05, 4.69) is 21.2 Å². The van der Waals surface area contributed by atoms with Crippen molar-refractivity contribution in [1.29, 1.82) is 0 Å². The van der Waals surface area contributed by atoms with Crippen LogP contribution in [0, 0.1) is 5.92 Å². The summed E-state index contributed by atoms with van der Waals surface area (Å²) in [5.74, 6) is 0.0640. The first-order valence-electron chi connectivity index (χ1n) is 10.9. The SMILES string of the molecule is COc1cccc(CN(C(=O)CN(c2ccc(Br)cc2)S(C)(=O)=O)[C@@H](C)C(=O)NCC(C)C)c1. The van der Waals surface area contributed by atoms with Crippen molar-refractivity contribution in [3.8, 4) is 5.75 Å². The number of nitrogens with zero attached hydrogens (tertiary/aromatic N) is 2. The molecule has 8 nitrogen and oxygen atoms in total. The summed E-state index contributed by atoms with van der Waals surface area (Å²) in [5, 5.41) is 2.85. The van der Waals surface area contributed by atoms with E-state index < -0.39 is 28.5 Å². The smallest absolute Gasteiger partial charge is 0.244 e. The average Bonchev–Trinajstić information content (AvgIpc) is 2.78. The second-order valence-corrected chi connectivity index (χ2v) is 11.3. The van der Waals surface area contributed by atoms with E-state index in [1.54, 1.807) is 56.5 Å². The molecule has 0 aliphatic rings. The molecule has 0 heterocycles. The lowest BCUT2D eigenvalue weighted by Crippen LogP contribution is -2.51. The van der Waals surface area contributed by atoms with Crippen molar-refractivity contribution < 1.29 is 22.7 Å². The Labute approximate surface area is 210 Å². The number of carbonyl (C=O) groups excluding carboxylic acids is 2. The normalized spacial score (nSPS) is 12.2. The highest BCUT2D eigenvalue weighted by Gasteiger charge is 2.30. The number of sulfonamides is 1. The first kappa shape index (κ1) is 27.7. The number of anilines is 1. The average molecular weight is 555 g/mol. The van der Waals surface area contributed by atoms with E-state index in [1.165, 1.54) is 4.90 Å². The molecule has 0 spiro atoms. The predicted molar refractivity (Wildman–Crippen MR) is 137 cm³/mol. The molecule has 0 radical (unpaired) electrons. The highest BCUT2D eigenvalue weighted by Crippen LogP contribution is 2.22. The molecule has 2 amide bonds. The first-order valence-corrected chi connectivity index (χ1v) is 13.5. The summed E-state index contributed by atoms with van der Waals surface area (Å²) in [4.78, 5) is 27.7. The lowest BCUT2D eigenvalue weighted by Gasteiger charge is -2.31. The van der Waals surface area contributed by atoms with Crippen LogP contribution in [0.2, 0.25) is 0 Å². The summed E-state index contributed by atoms with van der Waals surface area (Å²) in [5.41, 5.74) is 1.11. The Kier molecular flexibility index (Phi) is 9.93. The van der Waals surface area contributed by atoms with E-state index in [9.17, 15) is 18.0 Å². The predicted octanol–water partition coefficient (Wildman–Crippen LogP) is 3.41. The standard InChI is InChI=1S/C24H32BrN3O5S/c1-17(2)14-26-24(30)18(3)27(15-19-7-6-8-22(13-19)33-4)23(29)16-28(34(5,31)32)21-11-9-20(25)10-12-21/h6-13,17-18H,14-16H2,1-5H3,(H,26,30)/t18-/m0/s1. The summed E-state index contributed by atoms with van der Waals surface area (Å²) < 4.78 is 32.2. The van der Waals surface area contributed by atoms with Crippen molar-refractivity contribution >= 4 is 43.5 Å². The van der Waals surface area contributed by atoms with Gasteiger partial charge in [0.05, 0.1) is 19.1 Å². The van der Waals surface area contributed by atoms with Crippen LogP contribution in [0.1, 0.15) is 26.3 Å². The maximum Gasteiger partial charge on any atom is 0.244 e. The zero-order valence-electron chi connectivity index (χ0n) is 20.1. The van der Waals surface area contributed by atoms with Crippen molar-refractivity contribution in [3.63, 3.8) is 0 Å². The number of methoxy groups -OCH3 is 1. The molecule has 2 aromatic rings. The van der Waals surface area contributed by atoms with Gasteiger partial charge in [-0.3, -0.25) is 13.9 Å². The molecule has 0 saturated heterocycles. The zero-order valence-corrected chi connectivity index (χ0v) is 22.5. The second kappa shape index (κ2) is 12.2. The lowest BCUT2D eigenvalue weighted by atomic mass is 10.1. The third-order valence-electron chi connectivity index (χ3n) is 5.13. The quantitative estimate of drug-likeness (QED) is 0.460. The van der Waals surface area contributed by atoms with Crippen LogP contribution in [0.5, 0.6) is 5.75 Å². The highest BCUT2D eigenvalue weighted by molar-refractivity contribution is 9.10. The van der Waals surface area contributed by atoms with Crippen LogP contribution in [0.3, 0.4) is 0 Å². The van der Waals surface area contributed by atoms with Gasteiger partial charge in [-0.05, 0) is 54.8 Å². The number of amides is 2. The maximum atomic E-state index is 13.5. The molecule has 0 aliphatic heterocycles. The molecule has 0 aromatic heterocycles. The molecule has 0 aliphatic carbocycles. The number of carbonyl (C=O) groups is 2. The van der Waals surface area contributed by atoms with E-state index >= 15 is 0 Å². The maximum absolute atomic E-state index is 13.5. The molecule has 2 aromatic carbocycles. The topological polar surface area (TPSA) is 96.0 Å². The summed E-state index contributed by atoms with van der Waals surface area (Å²) in [6.07, 6.45) is 1.05. The van der Waals surface area contributed by atoms with Gasteiger partial charge in [-0.25, -0.2) is 8.42 Å². The molecule has 1 N–H and O–H groups in total. The van der Waals surface area contributed by atoms with E-state index in [1.807, 2.05) is 19.9 Å². The molecular formula is C24H32BrN3O5S. The van der Waals surface area contributed by atoms with Crippen LogP contribution in [0.4, 0.5) is 5.69 Å². The van der Waals surface area contributed by atoms with Gasteiger partial charge in [0.25, 0.3) is 0 Å². The van der Waals surface area contributed by atoms with Gasteiger partial charge in [0.2, 0.25) is 21.8 Å². The Hall–Kier alpha value is -2.59. The third-order valence-corrected chi connectivity index (χ3v) is 6.80. The van der Waals surface area contributed by atoms with Gasteiger partial charge in [0.1, 0.15) is 18.3 Å². The van der Waals surface area contributed by atoms with Crippen LogP contribution in [0.25, 0.3) is 0 Å². The largest absolute Gasteiger partial charge is 0.497 e. The number of benzene rings is 2. The number of hydrogen-bond donors (Lipinski definition) is 1. The molecule has 0 fully saturated rings. The molecule has 0 bridgehead atoms. The summed E-state index contributed by atoms with van der Waals surface area (Å²) >= 11 is 3.33. The fourth-order valence-corrected chi connectivity index (χ4v) is 4.34. The number of ether oxygens (including phenoxy) is 1. The zero-order chi connectivity index (χ0) is 25.5. The van der Waals surface area contributed by atoms with Crippen molar-refractivity contribution in [2.24, 2.45) is 5.92 Å². The Balaban J connectivity index is 2.37. The molecule has 1 atom stereocenters. The van der Waals surface area contributed by atoms with E-state index in [4.69, 9.17) is 4.74 Å². The van der Waals surface area contributed by atoms with Crippen molar-refractivity contribution in [2.75, 3.05) is 30.8 Å². The molecule has 186 valence electrons. The van der Waals surface area contributed by atoms with Gasteiger partial charge in [-0.2, -0.15) is 0 Å². The van der Waals surface area contributed by atoms with Crippen LogP contribution >= 0.6 is 15.9 Å². The van der Waals surface area contributed by atoms with Crippen LogP contribution < -0.4 is 14.4 Å². The van der Waals surface area contributed by atoms with Crippen molar-refractivity contribution in [3.05, 3.63) is 58.6 Å². The van der Waals surface area contributed by atoms with Crippen LogP contribution in [-0.4, -0.2) is 57.6 Å². The Morgan fingerprint density at radius 1 is 1.09 bits per heavy atom. The first-order chi connectivity index (χ1) is 15.9.